The van der Waals surface area contributed by atoms with Crippen LogP contribution in [0.2, 0.25) is 0 Å². The monoisotopic (exact) mass is 169 g/mol. The van der Waals surface area contributed by atoms with Crippen molar-refractivity contribution in [2.75, 3.05) is 0 Å². The number of hydrogen-bond donors (Lipinski definition) is 1. The summed E-state index contributed by atoms with van der Waals surface area (Å²) in [6.07, 6.45) is 1.55. The highest BCUT2D eigenvalue weighted by molar-refractivity contribution is 5.35. The third-order valence-corrected chi connectivity index (χ3v) is 2.31. The van der Waals surface area contributed by atoms with E-state index < -0.39 is 11.6 Å². The lowest BCUT2D eigenvalue weighted by molar-refractivity contribution is 0.506. The van der Waals surface area contributed by atoms with Crippen molar-refractivity contribution in [3.05, 3.63) is 34.9 Å². The Kier molecular flexibility index (Phi) is 1.61. The van der Waals surface area contributed by atoms with E-state index in [4.69, 9.17) is 5.73 Å². The van der Waals surface area contributed by atoms with Crippen LogP contribution in [0.5, 0.6) is 0 Å². The van der Waals surface area contributed by atoms with E-state index in [-0.39, 0.29) is 6.04 Å². The fourth-order valence-corrected chi connectivity index (χ4v) is 1.63. The van der Waals surface area contributed by atoms with Gasteiger partial charge in [0, 0.05) is 6.04 Å². The maximum absolute atomic E-state index is 12.7. The second kappa shape index (κ2) is 2.52. The molecule has 0 saturated heterocycles. The summed E-state index contributed by atoms with van der Waals surface area (Å²) in [4.78, 5) is 0. The second-order valence-corrected chi connectivity index (χ2v) is 3.11. The number of hydrogen-bond acceptors (Lipinski definition) is 1. The summed E-state index contributed by atoms with van der Waals surface area (Å²) in [6, 6.07) is 2.34. The number of benzene rings is 1. The van der Waals surface area contributed by atoms with Gasteiger partial charge in [-0.1, -0.05) is 0 Å². The molecule has 0 bridgehead atoms. The first kappa shape index (κ1) is 7.68. The van der Waals surface area contributed by atoms with E-state index in [1.807, 2.05) is 0 Å². The third-order valence-electron chi connectivity index (χ3n) is 2.31. The molecule has 2 N–H and O–H groups in total. The standard InChI is InChI=1S/C9H9F2N/c10-7-3-5-1-2-9(12)6(5)4-8(7)11/h3-4,9H,1-2,12H2. The van der Waals surface area contributed by atoms with Gasteiger partial charge in [0.15, 0.2) is 11.6 Å². The lowest BCUT2D eigenvalue weighted by atomic mass is 10.1. The summed E-state index contributed by atoms with van der Waals surface area (Å²) < 4.78 is 25.4. The van der Waals surface area contributed by atoms with Crippen molar-refractivity contribution in [2.45, 2.75) is 18.9 Å². The largest absolute Gasteiger partial charge is 0.324 e. The van der Waals surface area contributed by atoms with Gasteiger partial charge in [-0.25, -0.2) is 8.78 Å². The molecule has 1 atom stereocenters. The van der Waals surface area contributed by atoms with E-state index in [1.165, 1.54) is 12.1 Å². The summed E-state index contributed by atoms with van der Waals surface area (Å²) in [5, 5.41) is 0. The molecule has 0 fully saturated rings. The van der Waals surface area contributed by atoms with Crippen molar-refractivity contribution >= 4 is 0 Å². The quantitative estimate of drug-likeness (QED) is 0.630. The van der Waals surface area contributed by atoms with Gasteiger partial charge < -0.3 is 5.73 Å². The average Bonchev–Trinajstić information content (AvgIpc) is 2.35. The van der Waals surface area contributed by atoms with E-state index in [2.05, 4.69) is 0 Å². The molecule has 1 nitrogen and oxygen atoms in total. The van der Waals surface area contributed by atoms with Crippen molar-refractivity contribution in [2.24, 2.45) is 5.73 Å². The molecule has 1 aliphatic carbocycles. The fraction of sp³-hybridized carbons (Fsp3) is 0.333. The minimum Gasteiger partial charge on any atom is -0.324 e. The van der Waals surface area contributed by atoms with Crippen LogP contribution in [0.25, 0.3) is 0 Å². The topological polar surface area (TPSA) is 26.0 Å². The molecule has 3 heteroatoms. The van der Waals surface area contributed by atoms with Crippen LogP contribution in [-0.4, -0.2) is 0 Å². The van der Waals surface area contributed by atoms with Crippen molar-refractivity contribution < 1.29 is 8.78 Å². The van der Waals surface area contributed by atoms with Crippen molar-refractivity contribution in [3.63, 3.8) is 0 Å². The summed E-state index contributed by atoms with van der Waals surface area (Å²) in [6.45, 7) is 0. The summed E-state index contributed by atoms with van der Waals surface area (Å²) >= 11 is 0. The van der Waals surface area contributed by atoms with Gasteiger partial charge in [-0.15, -0.1) is 0 Å². The molecule has 0 radical (unpaired) electrons. The Labute approximate surface area is 69.2 Å². The van der Waals surface area contributed by atoms with Gasteiger partial charge in [-0.3, -0.25) is 0 Å². The van der Waals surface area contributed by atoms with Crippen LogP contribution in [0.4, 0.5) is 8.78 Å². The SMILES string of the molecule is NC1CCc2cc(F)c(F)cc21. The van der Waals surface area contributed by atoms with Crippen LogP contribution in [-0.2, 0) is 6.42 Å². The van der Waals surface area contributed by atoms with Crippen molar-refractivity contribution in [3.8, 4) is 0 Å². The van der Waals surface area contributed by atoms with Gasteiger partial charge in [0.1, 0.15) is 0 Å². The van der Waals surface area contributed by atoms with Gasteiger partial charge in [-0.05, 0) is 36.1 Å². The molecule has 0 aromatic heterocycles. The van der Waals surface area contributed by atoms with Crippen LogP contribution >= 0.6 is 0 Å². The summed E-state index contributed by atoms with van der Waals surface area (Å²) in [5.41, 5.74) is 7.28. The Morgan fingerprint density at radius 2 is 1.92 bits per heavy atom. The molecule has 0 spiro atoms. The zero-order valence-corrected chi connectivity index (χ0v) is 6.48. The predicted molar refractivity (Wildman–Crippen MR) is 41.6 cm³/mol. The van der Waals surface area contributed by atoms with Gasteiger partial charge >= 0.3 is 0 Å². The molecule has 1 aromatic carbocycles. The van der Waals surface area contributed by atoms with E-state index >= 15 is 0 Å². The number of nitrogens with two attached hydrogens (primary N) is 1. The molecule has 0 amide bonds. The van der Waals surface area contributed by atoms with Crippen LogP contribution < -0.4 is 5.73 Å². The zero-order chi connectivity index (χ0) is 8.72. The lowest BCUT2D eigenvalue weighted by Crippen LogP contribution is -2.05. The predicted octanol–water partition coefficient (Wildman–Crippen LogP) is 1.91. The highest BCUT2D eigenvalue weighted by Crippen LogP contribution is 2.30. The zero-order valence-electron chi connectivity index (χ0n) is 6.48. The van der Waals surface area contributed by atoms with Crippen LogP contribution in [0.15, 0.2) is 12.1 Å². The van der Waals surface area contributed by atoms with E-state index in [9.17, 15) is 8.78 Å². The Bertz CT molecular complexity index is 323. The minimum atomic E-state index is -0.800. The highest BCUT2D eigenvalue weighted by Gasteiger charge is 2.21. The number of aryl methyl sites for hydroxylation is 1. The first-order chi connectivity index (χ1) is 5.68. The number of halogens is 2. The van der Waals surface area contributed by atoms with Crippen molar-refractivity contribution in [1.29, 1.82) is 0 Å². The molecular weight excluding hydrogens is 160 g/mol. The number of rotatable bonds is 0. The first-order valence-corrected chi connectivity index (χ1v) is 3.92. The van der Waals surface area contributed by atoms with E-state index in [0.29, 0.717) is 0 Å². The normalized spacial score (nSPS) is 21.1. The third kappa shape index (κ3) is 1.01. The van der Waals surface area contributed by atoms with Crippen LogP contribution in [0.3, 0.4) is 0 Å². The summed E-state index contributed by atoms with van der Waals surface area (Å²) in [7, 11) is 0. The van der Waals surface area contributed by atoms with Crippen LogP contribution in [0.1, 0.15) is 23.6 Å². The van der Waals surface area contributed by atoms with E-state index in [1.54, 1.807) is 0 Å². The number of fused-ring (bicyclic) bond motifs is 1. The molecule has 1 aromatic rings. The molecule has 64 valence electrons. The summed E-state index contributed by atoms with van der Waals surface area (Å²) in [5.74, 6) is -1.58. The van der Waals surface area contributed by atoms with Gasteiger partial charge in [0.2, 0.25) is 0 Å². The Morgan fingerprint density at radius 1 is 1.25 bits per heavy atom. The molecule has 0 saturated carbocycles. The van der Waals surface area contributed by atoms with E-state index in [0.717, 1.165) is 24.0 Å². The highest BCUT2D eigenvalue weighted by atomic mass is 19.2. The molecule has 2 rings (SSSR count). The van der Waals surface area contributed by atoms with Crippen molar-refractivity contribution in [1.82, 2.24) is 0 Å². The molecule has 1 unspecified atom stereocenters. The molecule has 12 heavy (non-hydrogen) atoms. The van der Waals surface area contributed by atoms with Gasteiger partial charge in [0.05, 0.1) is 0 Å². The van der Waals surface area contributed by atoms with Gasteiger partial charge in [-0.2, -0.15) is 0 Å². The molecule has 0 heterocycles. The Hall–Kier alpha value is -0.960. The molecule has 0 aliphatic heterocycles. The Balaban J connectivity index is 2.56. The Morgan fingerprint density at radius 3 is 2.67 bits per heavy atom. The maximum Gasteiger partial charge on any atom is 0.159 e. The first-order valence-electron chi connectivity index (χ1n) is 3.92. The lowest BCUT2D eigenvalue weighted by Gasteiger charge is -2.04. The minimum absolute atomic E-state index is 0.116. The molecular formula is C9H9F2N. The fourth-order valence-electron chi connectivity index (χ4n) is 1.63. The average molecular weight is 169 g/mol. The maximum atomic E-state index is 12.7. The molecule has 1 aliphatic rings. The van der Waals surface area contributed by atoms with Crippen LogP contribution in [0, 0.1) is 11.6 Å². The van der Waals surface area contributed by atoms with Gasteiger partial charge in [0.25, 0.3) is 0 Å². The second-order valence-electron chi connectivity index (χ2n) is 3.11. The smallest absolute Gasteiger partial charge is 0.159 e.